The monoisotopic (exact) mass is 504 g/mol. The van der Waals surface area contributed by atoms with Crippen molar-refractivity contribution >= 4 is 35.3 Å². The molecule has 0 aliphatic carbocycles. The van der Waals surface area contributed by atoms with Gasteiger partial charge in [0.1, 0.15) is 5.75 Å². The number of para-hydroxylation sites is 2. The molecule has 3 aromatic rings. The molecular formula is C27H28N4O6. The van der Waals surface area contributed by atoms with Gasteiger partial charge in [-0.2, -0.15) is 5.10 Å². The number of nitrogens with one attached hydrogen (secondary N) is 3. The van der Waals surface area contributed by atoms with Crippen molar-refractivity contribution in [1.82, 2.24) is 5.43 Å². The third-order valence-electron chi connectivity index (χ3n) is 5.15. The van der Waals surface area contributed by atoms with Crippen LogP contribution in [0, 0.1) is 13.8 Å². The molecule has 0 aliphatic heterocycles. The Balaban J connectivity index is 1.55. The fourth-order valence-electron chi connectivity index (χ4n) is 3.23. The molecule has 0 atom stereocenters. The van der Waals surface area contributed by atoms with Crippen molar-refractivity contribution in [3.8, 4) is 17.2 Å². The second-order valence-corrected chi connectivity index (χ2v) is 7.92. The van der Waals surface area contributed by atoms with E-state index in [2.05, 4.69) is 21.2 Å². The van der Waals surface area contributed by atoms with Crippen LogP contribution in [0.4, 0.5) is 11.4 Å². The second-order valence-electron chi connectivity index (χ2n) is 7.92. The molecule has 0 spiro atoms. The van der Waals surface area contributed by atoms with E-state index in [0.717, 1.165) is 16.8 Å². The van der Waals surface area contributed by atoms with E-state index >= 15 is 0 Å². The maximum absolute atomic E-state index is 12.3. The number of hydrogen-bond donors (Lipinski definition) is 3. The minimum absolute atomic E-state index is 0.214. The quantitative estimate of drug-likeness (QED) is 0.233. The standard InChI is InChI=1S/C27H28N4O6/c1-17-9-10-18(2)21(13-17)29-25(32)16-37-23-12-11-19(14-24(23)36-4)15-28-31-27(34)26(33)30-20-7-5-6-8-22(20)35-3/h5-15H,16H2,1-4H3,(H,29,32)(H,30,33)(H,31,34)/b28-15-. The van der Waals surface area contributed by atoms with Crippen LogP contribution in [-0.4, -0.2) is 44.8 Å². The largest absolute Gasteiger partial charge is 0.495 e. The number of aryl methyl sites for hydroxylation is 2. The summed E-state index contributed by atoms with van der Waals surface area (Å²) >= 11 is 0. The van der Waals surface area contributed by atoms with Crippen LogP contribution in [0.2, 0.25) is 0 Å². The molecule has 0 aliphatic rings. The number of amides is 3. The van der Waals surface area contributed by atoms with Crippen molar-refractivity contribution in [2.75, 3.05) is 31.5 Å². The van der Waals surface area contributed by atoms with Gasteiger partial charge in [-0.05, 0) is 66.9 Å². The summed E-state index contributed by atoms with van der Waals surface area (Å²) in [5.74, 6) is -1.02. The lowest BCUT2D eigenvalue weighted by Crippen LogP contribution is -2.32. The highest BCUT2D eigenvalue weighted by atomic mass is 16.5. The molecule has 0 fully saturated rings. The molecule has 3 rings (SSSR count). The Morgan fingerprint density at radius 3 is 2.32 bits per heavy atom. The predicted octanol–water partition coefficient (Wildman–Crippen LogP) is 3.43. The highest BCUT2D eigenvalue weighted by Gasteiger charge is 2.15. The maximum atomic E-state index is 12.3. The number of hydrazone groups is 1. The second kappa shape index (κ2) is 12.7. The maximum Gasteiger partial charge on any atom is 0.329 e. The number of methoxy groups -OCH3 is 2. The lowest BCUT2D eigenvalue weighted by Gasteiger charge is -2.12. The first kappa shape index (κ1) is 26.7. The van der Waals surface area contributed by atoms with E-state index in [9.17, 15) is 14.4 Å². The van der Waals surface area contributed by atoms with Gasteiger partial charge in [-0.3, -0.25) is 14.4 Å². The zero-order valence-electron chi connectivity index (χ0n) is 21.0. The lowest BCUT2D eigenvalue weighted by molar-refractivity contribution is -0.136. The van der Waals surface area contributed by atoms with Crippen molar-refractivity contribution in [2.45, 2.75) is 13.8 Å². The van der Waals surface area contributed by atoms with Gasteiger partial charge in [0.2, 0.25) is 0 Å². The van der Waals surface area contributed by atoms with Crippen LogP contribution in [0.15, 0.2) is 65.8 Å². The van der Waals surface area contributed by atoms with Gasteiger partial charge in [0.25, 0.3) is 5.91 Å². The molecule has 0 unspecified atom stereocenters. The van der Waals surface area contributed by atoms with Crippen molar-refractivity contribution in [3.63, 3.8) is 0 Å². The number of hydrogen-bond acceptors (Lipinski definition) is 7. The summed E-state index contributed by atoms with van der Waals surface area (Å²) in [5.41, 5.74) is 5.80. The van der Waals surface area contributed by atoms with Gasteiger partial charge < -0.3 is 24.8 Å². The van der Waals surface area contributed by atoms with Gasteiger partial charge in [0.15, 0.2) is 18.1 Å². The molecular weight excluding hydrogens is 476 g/mol. The SMILES string of the molecule is COc1ccccc1NC(=O)C(=O)N/N=C\c1ccc(OCC(=O)Nc2cc(C)ccc2C)c(OC)c1. The van der Waals surface area contributed by atoms with Crippen molar-refractivity contribution < 1.29 is 28.6 Å². The van der Waals surface area contributed by atoms with E-state index in [4.69, 9.17) is 14.2 Å². The van der Waals surface area contributed by atoms with Gasteiger partial charge in [-0.1, -0.05) is 24.3 Å². The Hall–Kier alpha value is -4.86. The average molecular weight is 505 g/mol. The molecule has 10 nitrogen and oxygen atoms in total. The molecule has 10 heteroatoms. The first-order valence-corrected chi connectivity index (χ1v) is 11.3. The summed E-state index contributed by atoms with van der Waals surface area (Å²) in [6, 6.07) is 17.4. The Kier molecular flexibility index (Phi) is 9.20. The summed E-state index contributed by atoms with van der Waals surface area (Å²) in [6.45, 7) is 3.65. The van der Waals surface area contributed by atoms with Gasteiger partial charge in [-0.15, -0.1) is 0 Å². The van der Waals surface area contributed by atoms with Crippen LogP contribution in [0.3, 0.4) is 0 Å². The zero-order valence-corrected chi connectivity index (χ0v) is 21.0. The Morgan fingerprint density at radius 2 is 1.57 bits per heavy atom. The number of nitrogens with zero attached hydrogens (tertiary/aromatic N) is 1. The van der Waals surface area contributed by atoms with Crippen LogP contribution < -0.4 is 30.3 Å². The number of rotatable bonds is 9. The number of benzene rings is 3. The third-order valence-corrected chi connectivity index (χ3v) is 5.15. The minimum atomic E-state index is -0.955. The van der Waals surface area contributed by atoms with E-state index in [1.165, 1.54) is 20.4 Å². The first-order chi connectivity index (χ1) is 17.8. The Morgan fingerprint density at radius 1 is 0.811 bits per heavy atom. The molecule has 3 amide bonds. The molecule has 0 radical (unpaired) electrons. The molecule has 192 valence electrons. The Bertz CT molecular complexity index is 1320. The zero-order chi connectivity index (χ0) is 26.8. The van der Waals surface area contributed by atoms with Crippen LogP contribution in [0.5, 0.6) is 17.2 Å². The molecule has 0 bridgehead atoms. The van der Waals surface area contributed by atoms with E-state index in [-0.39, 0.29) is 12.5 Å². The summed E-state index contributed by atoms with van der Waals surface area (Å²) in [7, 11) is 2.92. The third kappa shape index (κ3) is 7.56. The Labute approximate surface area is 214 Å². The van der Waals surface area contributed by atoms with E-state index in [1.807, 2.05) is 32.0 Å². The molecule has 37 heavy (non-hydrogen) atoms. The average Bonchev–Trinajstić information content (AvgIpc) is 2.90. The van der Waals surface area contributed by atoms with Gasteiger partial charge in [-0.25, -0.2) is 5.43 Å². The van der Waals surface area contributed by atoms with E-state index in [1.54, 1.807) is 42.5 Å². The molecule has 3 N–H and O–H groups in total. The summed E-state index contributed by atoms with van der Waals surface area (Å²) < 4.78 is 16.1. The fraction of sp³-hybridized carbons (Fsp3) is 0.185. The van der Waals surface area contributed by atoms with Gasteiger partial charge in [0, 0.05) is 5.69 Å². The van der Waals surface area contributed by atoms with Crippen LogP contribution in [-0.2, 0) is 14.4 Å². The van der Waals surface area contributed by atoms with Crippen LogP contribution in [0.1, 0.15) is 16.7 Å². The summed E-state index contributed by atoms with van der Waals surface area (Å²) in [6.07, 6.45) is 1.34. The smallest absolute Gasteiger partial charge is 0.329 e. The number of anilines is 2. The number of carbonyl (C=O) groups excluding carboxylic acids is 3. The minimum Gasteiger partial charge on any atom is -0.495 e. The van der Waals surface area contributed by atoms with E-state index < -0.39 is 11.8 Å². The molecule has 0 saturated carbocycles. The fourth-order valence-corrected chi connectivity index (χ4v) is 3.23. The lowest BCUT2D eigenvalue weighted by atomic mass is 10.1. The highest BCUT2D eigenvalue weighted by Crippen LogP contribution is 2.28. The summed E-state index contributed by atoms with van der Waals surface area (Å²) in [5, 5.41) is 9.11. The van der Waals surface area contributed by atoms with E-state index in [0.29, 0.717) is 28.5 Å². The summed E-state index contributed by atoms with van der Waals surface area (Å²) in [4.78, 5) is 36.5. The molecule has 0 heterocycles. The normalized spacial score (nSPS) is 10.5. The molecule has 0 aromatic heterocycles. The highest BCUT2D eigenvalue weighted by molar-refractivity contribution is 6.39. The molecule has 0 saturated heterocycles. The molecule has 3 aromatic carbocycles. The van der Waals surface area contributed by atoms with Crippen molar-refractivity contribution in [3.05, 3.63) is 77.4 Å². The predicted molar refractivity (Wildman–Crippen MR) is 140 cm³/mol. The van der Waals surface area contributed by atoms with Crippen molar-refractivity contribution in [1.29, 1.82) is 0 Å². The van der Waals surface area contributed by atoms with Gasteiger partial charge in [0.05, 0.1) is 26.1 Å². The van der Waals surface area contributed by atoms with Crippen LogP contribution in [0.25, 0.3) is 0 Å². The number of ether oxygens (including phenoxy) is 3. The first-order valence-electron chi connectivity index (χ1n) is 11.3. The topological polar surface area (TPSA) is 127 Å². The van der Waals surface area contributed by atoms with Gasteiger partial charge >= 0.3 is 11.8 Å². The van der Waals surface area contributed by atoms with Crippen LogP contribution >= 0.6 is 0 Å². The number of carbonyl (C=O) groups is 3. The van der Waals surface area contributed by atoms with Crippen molar-refractivity contribution in [2.24, 2.45) is 5.10 Å².